The van der Waals surface area contributed by atoms with Gasteiger partial charge in [0.1, 0.15) is 0 Å². The molecule has 2 aromatic rings. The Labute approximate surface area is 204 Å². The predicted molar refractivity (Wildman–Crippen MR) is 135 cm³/mol. The van der Waals surface area contributed by atoms with Gasteiger partial charge in [-0.15, -0.1) is 0 Å². The lowest BCUT2D eigenvalue weighted by molar-refractivity contribution is -0.143. The predicted octanol–water partition coefficient (Wildman–Crippen LogP) is 4.72. The van der Waals surface area contributed by atoms with E-state index in [1.54, 1.807) is 12.0 Å². The molecule has 1 aliphatic rings. The number of rotatable bonds is 12. The number of aromatic nitrogens is 1. The fourth-order valence-corrected chi connectivity index (χ4v) is 4.74. The highest BCUT2D eigenvalue weighted by Gasteiger charge is 2.29. The fourth-order valence-electron chi connectivity index (χ4n) is 4.74. The average Bonchev–Trinajstić information content (AvgIpc) is 3.27. The van der Waals surface area contributed by atoms with Crippen LogP contribution in [-0.4, -0.2) is 59.0 Å². The number of hydrogen-bond acceptors (Lipinski definition) is 3. The summed E-state index contributed by atoms with van der Waals surface area (Å²) in [4.78, 5) is 30.3. The number of nitrogens with zero attached hydrogens (tertiary/aromatic N) is 3. The maximum atomic E-state index is 13.7. The van der Waals surface area contributed by atoms with Crippen LogP contribution in [0.1, 0.15) is 63.6 Å². The molecule has 0 radical (unpaired) electrons. The van der Waals surface area contributed by atoms with Crippen molar-refractivity contribution in [2.45, 2.75) is 71.5 Å². The van der Waals surface area contributed by atoms with Crippen LogP contribution in [0.4, 0.5) is 0 Å². The maximum Gasteiger partial charge on any atom is 0.242 e. The molecule has 0 spiro atoms. The third-order valence-corrected chi connectivity index (χ3v) is 6.61. The lowest BCUT2D eigenvalue weighted by Gasteiger charge is -2.36. The highest BCUT2D eigenvalue weighted by molar-refractivity contribution is 5.85. The normalized spacial score (nSPS) is 14.4. The number of hydrogen-bond donors (Lipinski definition) is 0. The van der Waals surface area contributed by atoms with Gasteiger partial charge in [0, 0.05) is 44.6 Å². The summed E-state index contributed by atoms with van der Waals surface area (Å²) in [6.45, 7) is 6.40. The summed E-state index contributed by atoms with van der Waals surface area (Å²) >= 11 is 0. The van der Waals surface area contributed by atoms with Crippen LogP contribution in [0.2, 0.25) is 0 Å². The summed E-state index contributed by atoms with van der Waals surface area (Å²) in [5.41, 5.74) is 2.36. The van der Waals surface area contributed by atoms with Gasteiger partial charge in [-0.25, -0.2) is 0 Å². The lowest BCUT2D eigenvalue weighted by atomic mass is 9.94. The van der Waals surface area contributed by atoms with Crippen molar-refractivity contribution in [3.63, 3.8) is 0 Å². The lowest BCUT2D eigenvalue weighted by Crippen LogP contribution is -2.48. The van der Waals surface area contributed by atoms with Crippen molar-refractivity contribution in [3.05, 3.63) is 59.9 Å². The number of amides is 2. The number of carbonyl (C=O) groups excluding carboxylic acids is 2. The van der Waals surface area contributed by atoms with Gasteiger partial charge in [-0.05, 0) is 36.5 Å². The van der Waals surface area contributed by atoms with Gasteiger partial charge in [0.25, 0.3) is 0 Å². The molecule has 1 aromatic carbocycles. The topological polar surface area (TPSA) is 54.8 Å². The van der Waals surface area contributed by atoms with Crippen molar-refractivity contribution in [3.8, 4) is 0 Å². The van der Waals surface area contributed by atoms with Crippen LogP contribution in [0.25, 0.3) is 0 Å². The molecule has 6 heteroatoms. The molecule has 0 aliphatic heterocycles. The van der Waals surface area contributed by atoms with E-state index in [0.717, 1.165) is 37.9 Å². The maximum absolute atomic E-state index is 13.7. The molecule has 0 N–H and O–H groups in total. The molecule has 6 nitrogen and oxygen atoms in total. The molecule has 1 aromatic heterocycles. The van der Waals surface area contributed by atoms with Crippen LogP contribution < -0.4 is 0 Å². The van der Waals surface area contributed by atoms with E-state index < -0.39 is 0 Å². The number of methoxy groups -OCH3 is 1. The zero-order chi connectivity index (χ0) is 24.3. The summed E-state index contributed by atoms with van der Waals surface area (Å²) in [5.74, 6) is 0.312. The quantitative estimate of drug-likeness (QED) is 0.454. The van der Waals surface area contributed by atoms with E-state index in [0.29, 0.717) is 26.1 Å². The van der Waals surface area contributed by atoms with Crippen LogP contribution in [0.15, 0.2) is 48.7 Å². The van der Waals surface area contributed by atoms with E-state index >= 15 is 0 Å². The molecule has 1 fully saturated rings. The second-order valence-electron chi connectivity index (χ2n) is 9.83. The van der Waals surface area contributed by atoms with Gasteiger partial charge in [0.05, 0.1) is 19.7 Å². The largest absolute Gasteiger partial charge is 0.383 e. The Hall–Kier alpha value is -2.60. The molecule has 0 atom stereocenters. The molecule has 0 bridgehead atoms. The summed E-state index contributed by atoms with van der Waals surface area (Å²) < 4.78 is 7.45. The Morgan fingerprint density at radius 1 is 1.03 bits per heavy atom. The molecule has 0 saturated heterocycles. The number of carbonyl (C=O) groups is 2. The average molecular weight is 468 g/mol. The van der Waals surface area contributed by atoms with Gasteiger partial charge in [-0.3, -0.25) is 9.59 Å². The third-order valence-electron chi connectivity index (χ3n) is 6.61. The molecule has 34 heavy (non-hydrogen) atoms. The first-order chi connectivity index (χ1) is 16.5. The highest BCUT2D eigenvalue weighted by Crippen LogP contribution is 2.25. The Morgan fingerprint density at radius 3 is 2.44 bits per heavy atom. The standard InChI is InChI=1S/C28H41N3O3/c1-23(2)19-27(32)30(17-18-34-3)22-28(33)31(25-13-8-5-9-14-25)21-26-15-10-16-29(26)20-24-11-6-4-7-12-24/h4,6-7,10-12,15-16,23,25H,5,8-9,13-14,17-22H2,1-3H3. The van der Waals surface area contributed by atoms with Gasteiger partial charge >= 0.3 is 0 Å². The van der Waals surface area contributed by atoms with Crippen molar-refractivity contribution >= 4 is 11.8 Å². The van der Waals surface area contributed by atoms with Gasteiger partial charge in [0.15, 0.2) is 0 Å². The first-order valence-electron chi connectivity index (χ1n) is 12.7. The third kappa shape index (κ3) is 7.73. The molecular weight excluding hydrogens is 426 g/mol. The SMILES string of the molecule is COCCN(CC(=O)N(Cc1cccn1Cc1ccccc1)C1CCCCC1)C(=O)CC(C)C. The van der Waals surface area contributed by atoms with Crippen LogP contribution in [0.3, 0.4) is 0 Å². The summed E-state index contributed by atoms with van der Waals surface area (Å²) in [6.07, 6.45) is 8.13. The van der Waals surface area contributed by atoms with Crippen molar-refractivity contribution in [1.82, 2.24) is 14.4 Å². The van der Waals surface area contributed by atoms with E-state index in [1.807, 2.05) is 24.8 Å². The van der Waals surface area contributed by atoms with Crippen molar-refractivity contribution in [1.29, 1.82) is 0 Å². The van der Waals surface area contributed by atoms with E-state index in [-0.39, 0.29) is 30.3 Å². The molecule has 2 amide bonds. The Balaban J connectivity index is 1.77. The van der Waals surface area contributed by atoms with Gasteiger partial charge in [-0.2, -0.15) is 0 Å². The Kier molecular flexibility index (Phi) is 10.2. The van der Waals surface area contributed by atoms with E-state index in [2.05, 4.69) is 47.2 Å². The first kappa shape index (κ1) is 26.0. The van der Waals surface area contributed by atoms with Crippen LogP contribution in [0.5, 0.6) is 0 Å². The second kappa shape index (κ2) is 13.3. The highest BCUT2D eigenvalue weighted by atomic mass is 16.5. The zero-order valence-electron chi connectivity index (χ0n) is 21.1. The van der Waals surface area contributed by atoms with Crippen molar-refractivity contribution in [2.24, 2.45) is 5.92 Å². The monoisotopic (exact) mass is 467 g/mol. The van der Waals surface area contributed by atoms with E-state index in [4.69, 9.17) is 4.74 Å². The van der Waals surface area contributed by atoms with Crippen molar-refractivity contribution in [2.75, 3.05) is 26.8 Å². The molecule has 0 unspecified atom stereocenters. The molecule has 1 saturated carbocycles. The zero-order valence-corrected chi connectivity index (χ0v) is 21.1. The van der Waals surface area contributed by atoms with Crippen LogP contribution in [0, 0.1) is 5.92 Å². The molecule has 186 valence electrons. The minimum Gasteiger partial charge on any atom is -0.383 e. The van der Waals surface area contributed by atoms with Gasteiger partial charge in [-0.1, -0.05) is 63.4 Å². The second-order valence-corrected chi connectivity index (χ2v) is 9.83. The fraction of sp³-hybridized carbons (Fsp3) is 0.571. The molecular formula is C28H41N3O3. The Morgan fingerprint density at radius 2 is 1.76 bits per heavy atom. The number of benzene rings is 1. The number of ether oxygens (including phenoxy) is 1. The summed E-state index contributed by atoms with van der Waals surface area (Å²) in [6, 6.07) is 14.8. The van der Waals surface area contributed by atoms with E-state index in [1.165, 1.54) is 12.0 Å². The minimum atomic E-state index is 0.0245. The molecule has 3 rings (SSSR count). The Bertz CT molecular complexity index is 887. The first-order valence-corrected chi connectivity index (χ1v) is 12.7. The summed E-state index contributed by atoms with van der Waals surface area (Å²) in [7, 11) is 1.63. The van der Waals surface area contributed by atoms with Crippen LogP contribution in [-0.2, 0) is 27.4 Å². The minimum absolute atomic E-state index is 0.0245. The van der Waals surface area contributed by atoms with Crippen LogP contribution >= 0.6 is 0 Å². The molecule has 1 aliphatic carbocycles. The van der Waals surface area contributed by atoms with E-state index in [9.17, 15) is 9.59 Å². The van der Waals surface area contributed by atoms with Gasteiger partial charge < -0.3 is 19.1 Å². The smallest absolute Gasteiger partial charge is 0.242 e. The molecule has 1 heterocycles. The van der Waals surface area contributed by atoms with Gasteiger partial charge in [0.2, 0.25) is 11.8 Å². The van der Waals surface area contributed by atoms with Crippen molar-refractivity contribution < 1.29 is 14.3 Å². The summed E-state index contributed by atoms with van der Waals surface area (Å²) in [5, 5.41) is 0.